The average molecular weight is 499 g/mol. The highest BCUT2D eigenvalue weighted by atomic mass is 35.5. The zero-order chi connectivity index (χ0) is 23.9. The molecule has 1 N–H and O–H groups in total. The summed E-state index contributed by atoms with van der Waals surface area (Å²) in [6.07, 6.45) is 0.523. The Bertz CT molecular complexity index is 1130. The molecule has 178 valence electrons. The minimum atomic E-state index is -0.222. The number of halogens is 1. The Morgan fingerprint density at radius 1 is 1.00 bits per heavy atom. The van der Waals surface area contributed by atoms with E-state index in [1.807, 2.05) is 34.7 Å². The van der Waals surface area contributed by atoms with Crippen LogP contribution in [-0.2, 0) is 18.3 Å². The van der Waals surface area contributed by atoms with Crippen molar-refractivity contribution < 1.29 is 9.59 Å². The Hall–Kier alpha value is -3.04. The molecule has 2 heterocycles. The second-order valence-electron chi connectivity index (χ2n) is 7.94. The van der Waals surface area contributed by atoms with Crippen LogP contribution in [0.15, 0.2) is 59.8 Å². The number of para-hydroxylation sites is 1. The van der Waals surface area contributed by atoms with Crippen molar-refractivity contribution in [1.29, 1.82) is 0 Å². The number of benzene rings is 2. The van der Waals surface area contributed by atoms with E-state index in [9.17, 15) is 9.59 Å². The van der Waals surface area contributed by atoms with E-state index in [-0.39, 0.29) is 11.8 Å². The summed E-state index contributed by atoms with van der Waals surface area (Å²) in [5, 5.41) is 12.4. The molecule has 0 bridgehead atoms. The Balaban J connectivity index is 1.22. The Morgan fingerprint density at radius 3 is 2.44 bits per heavy atom. The fraction of sp³-hybridized carbons (Fsp3) is 0.333. The maximum absolute atomic E-state index is 12.7. The molecule has 8 nitrogen and oxygen atoms in total. The molecule has 3 aromatic rings. The molecular formula is C24H27ClN6O2S. The summed E-state index contributed by atoms with van der Waals surface area (Å²) >= 11 is 7.46. The van der Waals surface area contributed by atoms with Gasteiger partial charge in [0.1, 0.15) is 5.82 Å². The first kappa shape index (κ1) is 24.1. The lowest BCUT2D eigenvalue weighted by atomic mass is 10.2. The van der Waals surface area contributed by atoms with E-state index in [0.29, 0.717) is 47.6 Å². The normalized spacial score (nSPS) is 13.7. The minimum absolute atomic E-state index is 0.106. The van der Waals surface area contributed by atoms with Crippen molar-refractivity contribution in [3.8, 4) is 0 Å². The van der Waals surface area contributed by atoms with Crippen molar-refractivity contribution in [1.82, 2.24) is 25.0 Å². The number of amides is 2. The van der Waals surface area contributed by atoms with Gasteiger partial charge in [0.05, 0.1) is 16.3 Å². The first-order chi connectivity index (χ1) is 16.5. The lowest BCUT2D eigenvalue weighted by Gasteiger charge is -2.36. The third-order valence-corrected chi connectivity index (χ3v) is 7.09. The SMILES string of the molecule is Cn1c(CCNC(=O)c2ccccc2Cl)nnc1SCC(=O)N1CCN(c2ccccc2)CC1. The third kappa shape index (κ3) is 5.90. The van der Waals surface area contributed by atoms with E-state index in [4.69, 9.17) is 11.6 Å². The molecule has 1 aliphatic heterocycles. The van der Waals surface area contributed by atoms with E-state index in [1.165, 1.54) is 17.4 Å². The van der Waals surface area contributed by atoms with Gasteiger partial charge in [0.2, 0.25) is 5.91 Å². The molecule has 2 amide bonds. The van der Waals surface area contributed by atoms with Crippen molar-refractivity contribution in [2.24, 2.45) is 7.05 Å². The smallest absolute Gasteiger partial charge is 0.252 e. The molecule has 0 atom stereocenters. The number of aromatic nitrogens is 3. The van der Waals surface area contributed by atoms with E-state index < -0.39 is 0 Å². The Morgan fingerprint density at radius 2 is 1.71 bits per heavy atom. The van der Waals surface area contributed by atoms with Gasteiger partial charge in [-0.3, -0.25) is 9.59 Å². The van der Waals surface area contributed by atoms with E-state index in [2.05, 4.69) is 32.5 Å². The number of carbonyl (C=O) groups is 2. The molecule has 0 unspecified atom stereocenters. The number of hydrogen-bond acceptors (Lipinski definition) is 6. The zero-order valence-electron chi connectivity index (χ0n) is 19.0. The molecule has 0 saturated carbocycles. The van der Waals surface area contributed by atoms with Crippen LogP contribution in [0.4, 0.5) is 5.69 Å². The topological polar surface area (TPSA) is 83.4 Å². The summed E-state index contributed by atoms with van der Waals surface area (Å²) in [5.41, 5.74) is 1.64. The third-order valence-electron chi connectivity index (χ3n) is 5.76. The number of nitrogens with one attached hydrogen (secondary N) is 1. The first-order valence-corrected chi connectivity index (χ1v) is 12.5. The van der Waals surface area contributed by atoms with Crippen molar-refractivity contribution in [3.05, 3.63) is 71.0 Å². The summed E-state index contributed by atoms with van der Waals surface area (Å²) in [5.74, 6) is 0.945. The van der Waals surface area contributed by atoms with Crippen LogP contribution in [0.1, 0.15) is 16.2 Å². The van der Waals surface area contributed by atoms with Crippen LogP contribution in [-0.4, -0.2) is 70.0 Å². The largest absolute Gasteiger partial charge is 0.368 e. The molecule has 0 radical (unpaired) electrons. The molecule has 4 rings (SSSR count). The quantitative estimate of drug-likeness (QED) is 0.481. The van der Waals surface area contributed by atoms with Gasteiger partial charge in [0, 0.05) is 51.9 Å². The van der Waals surface area contributed by atoms with Crippen LogP contribution >= 0.6 is 23.4 Å². The Labute approximate surface area is 208 Å². The number of nitrogens with zero attached hydrogens (tertiary/aromatic N) is 5. The molecule has 2 aromatic carbocycles. The first-order valence-electron chi connectivity index (χ1n) is 11.1. The number of rotatable bonds is 8. The molecule has 1 aromatic heterocycles. The summed E-state index contributed by atoms with van der Waals surface area (Å²) in [4.78, 5) is 29.2. The van der Waals surface area contributed by atoms with Crippen molar-refractivity contribution >= 4 is 40.9 Å². The van der Waals surface area contributed by atoms with Crippen molar-refractivity contribution in [2.75, 3.05) is 43.4 Å². The van der Waals surface area contributed by atoms with Gasteiger partial charge < -0.3 is 19.7 Å². The second-order valence-corrected chi connectivity index (χ2v) is 9.29. The van der Waals surface area contributed by atoms with Gasteiger partial charge >= 0.3 is 0 Å². The number of carbonyl (C=O) groups excluding carboxylic acids is 2. The van der Waals surface area contributed by atoms with Crippen LogP contribution in [0.5, 0.6) is 0 Å². The summed E-state index contributed by atoms with van der Waals surface area (Å²) in [6, 6.07) is 17.2. The molecule has 10 heteroatoms. The summed E-state index contributed by atoms with van der Waals surface area (Å²) < 4.78 is 1.87. The van der Waals surface area contributed by atoms with E-state index >= 15 is 0 Å². The van der Waals surface area contributed by atoms with Gasteiger partial charge in [-0.25, -0.2) is 0 Å². The van der Waals surface area contributed by atoms with Gasteiger partial charge in [-0.2, -0.15) is 0 Å². The maximum Gasteiger partial charge on any atom is 0.252 e. The van der Waals surface area contributed by atoms with Crippen LogP contribution in [0.3, 0.4) is 0 Å². The van der Waals surface area contributed by atoms with Crippen LogP contribution in [0.2, 0.25) is 5.02 Å². The molecule has 1 fully saturated rings. The number of thioether (sulfide) groups is 1. The highest BCUT2D eigenvalue weighted by Crippen LogP contribution is 2.19. The Kier molecular flexibility index (Phi) is 8.08. The fourth-order valence-electron chi connectivity index (χ4n) is 3.79. The molecule has 34 heavy (non-hydrogen) atoms. The maximum atomic E-state index is 12.7. The van der Waals surface area contributed by atoms with Crippen molar-refractivity contribution in [2.45, 2.75) is 11.6 Å². The number of piperazine rings is 1. The summed E-state index contributed by atoms with van der Waals surface area (Å²) in [7, 11) is 1.87. The van der Waals surface area contributed by atoms with Gasteiger partial charge in [0.15, 0.2) is 5.16 Å². The zero-order valence-corrected chi connectivity index (χ0v) is 20.6. The monoisotopic (exact) mass is 498 g/mol. The lowest BCUT2D eigenvalue weighted by molar-refractivity contribution is -0.128. The lowest BCUT2D eigenvalue weighted by Crippen LogP contribution is -2.49. The van der Waals surface area contributed by atoms with Gasteiger partial charge in [0.25, 0.3) is 5.91 Å². The van der Waals surface area contributed by atoms with Crippen LogP contribution < -0.4 is 10.2 Å². The van der Waals surface area contributed by atoms with E-state index in [0.717, 1.165) is 18.9 Å². The fourth-order valence-corrected chi connectivity index (χ4v) is 4.84. The highest BCUT2D eigenvalue weighted by molar-refractivity contribution is 7.99. The van der Waals surface area contributed by atoms with Gasteiger partial charge in [-0.1, -0.05) is 53.7 Å². The molecule has 1 saturated heterocycles. The van der Waals surface area contributed by atoms with Gasteiger partial charge in [-0.05, 0) is 24.3 Å². The summed E-state index contributed by atoms with van der Waals surface area (Å²) in [6.45, 7) is 3.49. The molecule has 0 aliphatic carbocycles. The molecule has 1 aliphatic rings. The second kappa shape index (κ2) is 11.4. The molecular weight excluding hydrogens is 472 g/mol. The highest BCUT2D eigenvalue weighted by Gasteiger charge is 2.22. The standard InChI is InChI=1S/C24H27ClN6O2S/c1-29-21(11-12-26-23(33)19-9-5-6-10-20(19)25)27-28-24(29)34-17-22(32)31-15-13-30(14-16-31)18-7-3-2-4-8-18/h2-10H,11-17H2,1H3,(H,26,33). The average Bonchev–Trinajstić information content (AvgIpc) is 3.22. The van der Waals surface area contributed by atoms with E-state index in [1.54, 1.807) is 24.3 Å². The minimum Gasteiger partial charge on any atom is -0.368 e. The van der Waals surface area contributed by atoms with Crippen LogP contribution in [0, 0.1) is 0 Å². The molecule has 0 spiro atoms. The number of anilines is 1. The van der Waals surface area contributed by atoms with Crippen molar-refractivity contribution in [3.63, 3.8) is 0 Å². The predicted octanol–water partition coefficient (Wildman–Crippen LogP) is 2.88. The number of hydrogen-bond donors (Lipinski definition) is 1. The van der Waals surface area contributed by atoms with Crippen LogP contribution in [0.25, 0.3) is 0 Å². The van der Waals surface area contributed by atoms with Gasteiger partial charge in [-0.15, -0.1) is 10.2 Å². The predicted molar refractivity (Wildman–Crippen MR) is 134 cm³/mol.